The third kappa shape index (κ3) is 5.90. The molecular weight excluding hydrogens is 508 g/mol. The van der Waals surface area contributed by atoms with E-state index >= 15 is 0 Å². The van der Waals surface area contributed by atoms with Crippen LogP contribution in [0.4, 0.5) is 5.69 Å². The number of hydrogen-bond acceptors (Lipinski definition) is 6. The van der Waals surface area contributed by atoms with Crippen molar-refractivity contribution in [3.05, 3.63) is 29.8 Å². The van der Waals surface area contributed by atoms with E-state index in [0.717, 1.165) is 38.0 Å². The lowest BCUT2D eigenvalue weighted by Crippen LogP contribution is -2.54. The number of rotatable bonds is 10. The molecule has 3 fully saturated rings. The number of anilines is 1. The lowest BCUT2D eigenvalue weighted by atomic mass is 9.83. The molecule has 220 valence electrons. The van der Waals surface area contributed by atoms with E-state index in [-0.39, 0.29) is 42.0 Å². The number of nitrogens with one attached hydrogen (secondary N) is 1. The Bertz CT molecular complexity index is 1080. The van der Waals surface area contributed by atoms with Gasteiger partial charge < -0.3 is 24.8 Å². The Hall–Kier alpha value is -2.94. The quantitative estimate of drug-likeness (QED) is 0.476. The number of ketones is 1. The van der Waals surface area contributed by atoms with Crippen LogP contribution in [-0.2, 0) is 19.1 Å². The molecule has 2 aliphatic heterocycles. The molecule has 0 radical (unpaired) electrons. The second kappa shape index (κ2) is 12.7. The molecule has 1 N–H and O–H groups in total. The number of carbonyl (C=O) groups excluding carboxylic acids is 4. The highest BCUT2D eigenvalue weighted by molar-refractivity contribution is 6.01. The summed E-state index contributed by atoms with van der Waals surface area (Å²) in [6, 6.07) is 5.64. The van der Waals surface area contributed by atoms with Crippen LogP contribution in [0.2, 0.25) is 0 Å². The number of nitrogens with zero attached hydrogens (tertiary/aromatic N) is 3. The molecule has 9 nitrogen and oxygen atoms in total. The van der Waals surface area contributed by atoms with Crippen molar-refractivity contribution in [1.82, 2.24) is 15.1 Å². The predicted molar refractivity (Wildman–Crippen MR) is 154 cm³/mol. The van der Waals surface area contributed by atoms with Crippen molar-refractivity contribution >= 4 is 29.2 Å². The number of methoxy groups -OCH3 is 1. The second-order valence-corrected chi connectivity index (χ2v) is 11.9. The van der Waals surface area contributed by atoms with Crippen molar-refractivity contribution < 1.29 is 23.9 Å². The highest BCUT2D eigenvalue weighted by Crippen LogP contribution is 2.38. The Morgan fingerprint density at radius 3 is 2.27 bits per heavy atom. The van der Waals surface area contributed by atoms with Gasteiger partial charge in [-0.05, 0) is 69.7 Å². The monoisotopic (exact) mass is 554 g/mol. The summed E-state index contributed by atoms with van der Waals surface area (Å²) in [5.41, 5.74) is 0.657. The third-order valence-electron chi connectivity index (χ3n) is 8.98. The lowest BCUT2D eigenvalue weighted by molar-refractivity contribution is -0.160. The van der Waals surface area contributed by atoms with Crippen LogP contribution in [-0.4, -0.2) is 90.3 Å². The minimum atomic E-state index is -0.875. The number of amides is 3. The van der Waals surface area contributed by atoms with Crippen LogP contribution in [0.15, 0.2) is 24.3 Å². The molecule has 0 aromatic heterocycles. The van der Waals surface area contributed by atoms with Gasteiger partial charge in [0.15, 0.2) is 5.78 Å². The molecule has 1 aliphatic carbocycles. The van der Waals surface area contributed by atoms with E-state index in [1.807, 2.05) is 26.0 Å². The van der Waals surface area contributed by atoms with Gasteiger partial charge >= 0.3 is 0 Å². The van der Waals surface area contributed by atoms with Crippen LogP contribution < -0.4 is 10.2 Å². The molecule has 2 saturated heterocycles. The fourth-order valence-corrected chi connectivity index (χ4v) is 6.78. The van der Waals surface area contributed by atoms with Gasteiger partial charge in [0.05, 0.1) is 12.6 Å². The van der Waals surface area contributed by atoms with Crippen molar-refractivity contribution in [1.29, 1.82) is 0 Å². The van der Waals surface area contributed by atoms with E-state index < -0.39 is 17.7 Å². The van der Waals surface area contributed by atoms with Crippen LogP contribution in [0, 0.1) is 5.92 Å². The zero-order chi connectivity index (χ0) is 29.0. The molecule has 3 amide bonds. The molecule has 3 unspecified atom stereocenters. The Morgan fingerprint density at radius 1 is 1.05 bits per heavy atom. The molecule has 1 aromatic carbocycles. The summed E-state index contributed by atoms with van der Waals surface area (Å²) in [6.07, 6.45) is 5.25. The maximum absolute atomic E-state index is 13.9. The highest BCUT2D eigenvalue weighted by Gasteiger charge is 2.55. The molecule has 3 aliphatic rings. The summed E-state index contributed by atoms with van der Waals surface area (Å²) in [5, 5.41) is 2.96. The number of likely N-dealkylation sites (tertiary alicyclic amines) is 2. The van der Waals surface area contributed by atoms with Gasteiger partial charge in [0.25, 0.3) is 11.8 Å². The van der Waals surface area contributed by atoms with Crippen LogP contribution in [0.5, 0.6) is 0 Å². The van der Waals surface area contributed by atoms with Crippen LogP contribution in [0.1, 0.15) is 83.0 Å². The van der Waals surface area contributed by atoms with Crippen molar-refractivity contribution in [2.45, 2.75) is 96.4 Å². The summed E-state index contributed by atoms with van der Waals surface area (Å²) < 4.78 is 5.78. The first-order valence-electron chi connectivity index (χ1n) is 15.0. The minimum absolute atomic E-state index is 0.00312. The minimum Gasteiger partial charge on any atom is -0.372 e. The molecule has 0 bridgehead atoms. The first kappa shape index (κ1) is 30.0. The van der Waals surface area contributed by atoms with E-state index in [0.29, 0.717) is 37.8 Å². The van der Waals surface area contributed by atoms with Crippen LogP contribution >= 0.6 is 0 Å². The standard InChI is InChI=1S/C31H46N4O5/c1-6-33(7-2)23-13-11-22(12-14-23)28(37)32-24(19-21(3)4)29(38)34-18-15-25-27(34)26(36)20-35(25)30(39)31(40-5)16-9-8-10-17-31/h11-14,21,24-25,27H,6-10,15-20H2,1-5H3,(H,32,37). The fourth-order valence-electron chi connectivity index (χ4n) is 6.78. The molecule has 1 saturated carbocycles. The molecule has 9 heteroatoms. The van der Waals surface area contributed by atoms with E-state index in [1.54, 1.807) is 29.0 Å². The normalized spacial score (nSPS) is 22.8. The third-order valence-corrected chi connectivity index (χ3v) is 8.98. The summed E-state index contributed by atoms with van der Waals surface area (Å²) in [7, 11) is 1.58. The van der Waals surface area contributed by atoms with Crippen LogP contribution in [0.3, 0.4) is 0 Å². The molecule has 4 rings (SSSR count). The van der Waals surface area contributed by atoms with Gasteiger partial charge in [-0.3, -0.25) is 19.2 Å². The zero-order valence-electron chi connectivity index (χ0n) is 24.8. The summed E-state index contributed by atoms with van der Waals surface area (Å²) in [4.78, 5) is 59.5. The Morgan fingerprint density at radius 2 is 1.70 bits per heavy atom. The first-order valence-corrected chi connectivity index (χ1v) is 15.0. The second-order valence-electron chi connectivity index (χ2n) is 11.9. The zero-order valence-corrected chi connectivity index (χ0v) is 24.8. The first-order chi connectivity index (χ1) is 19.2. The summed E-state index contributed by atoms with van der Waals surface area (Å²) in [5.74, 6) is -0.647. The number of hydrogen-bond donors (Lipinski definition) is 1. The molecule has 2 heterocycles. The molecule has 3 atom stereocenters. The van der Waals surface area contributed by atoms with Crippen molar-refractivity contribution in [3.8, 4) is 0 Å². The Balaban J connectivity index is 1.48. The van der Waals surface area contributed by atoms with Gasteiger partial charge in [0.1, 0.15) is 17.7 Å². The number of carbonyl (C=O) groups is 4. The number of fused-ring (bicyclic) bond motifs is 1. The van der Waals surface area contributed by atoms with Gasteiger partial charge in [-0.15, -0.1) is 0 Å². The summed E-state index contributed by atoms with van der Waals surface area (Å²) in [6.45, 7) is 10.3. The van der Waals surface area contributed by atoms with Crippen molar-refractivity contribution in [2.75, 3.05) is 38.2 Å². The van der Waals surface area contributed by atoms with Crippen LogP contribution in [0.25, 0.3) is 0 Å². The van der Waals surface area contributed by atoms with Crippen molar-refractivity contribution in [2.24, 2.45) is 5.92 Å². The number of benzene rings is 1. The maximum atomic E-state index is 13.9. The number of ether oxygens (including phenoxy) is 1. The highest BCUT2D eigenvalue weighted by atomic mass is 16.5. The van der Waals surface area contributed by atoms with Gasteiger partial charge in [0, 0.05) is 38.0 Å². The smallest absolute Gasteiger partial charge is 0.255 e. The SMILES string of the molecule is CCN(CC)c1ccc(C(=O)NC(CC(C)C)C(=O)N2CCC3C2C(=O)CN3C(=O)C2(OC)CCCCC2)cc1. The van der Waals surface area contributed by atoms with Gasteiger partial charge in [-0.2, -0.15) is 0 Å². The van der Waals surface area contributed by atoms with E-state index in [9.17, 15) is 19.2 Å². The number of Topliss-reactive ketones (excluding diaryl/α,β-unsaturated/α-hetero) is 1. The Kier molecular flexibility index (Phi) is 9.54. The van der Waals surface area contributed by atoms with Gasteiger partial charge in [-0.1, -0.05) is 33.1 Å². The average Bonchev–Trinajstić information content (AvgIpc) is 3.54. The predicted octanol–water partition coefficient (Wildman–Crippen LogP) is 3.41. The molecular formula is C31H46N4O5. The maximum Gasteiger partial charge on any atom is 0.255 e. The molecule has 1 aromatic rings. The lowest BCUT2D eigenvalue weighted by Gasteiger charge is -2.38. The summed E-state index contributed by atoms with van der Waals surface area (Å²) >= 11 is 0. The largest absolute Gasteiger partial charge is 0.372 e. The van der Waals surface area contributed by atoms with Gasteiger partial charge in [0.2, 0.25) is 5.91 Å². The van der Waals surface area contributed by atoms with E-state index in [1.165, 1.54) is 0 Å². The fraction of sp³-hybridized carbons (Fsp3) is 0.677. The molecule has 0 spiro atoms. The van der Waals surface area contributed by atoms with E-state index in [2.05, 4.69) is 24.1 Å². The average molecular weight is 555 g/mol. The molecule has 40 heavy (non-hydrogen) atoms. The Labute approximate surface area is 238 Å². The van der Waals surface area contributed by atoms with Gasteiger partial charge in [-0.25, -0.2) is 0 Å². The van der Waals surface area contributed by atoms with Crippen molar-refractivity contribution in [3.63, 3.8) is 0 Å². The van der Waals surface area contributed by atoms with E-state index in [4.69, 9.17) is 4.74 Å². The topological polar surface area (TPSA) is 99.3 Å².